The van der Waals surface area contributed by atoms with Crippen LogP contribution >= 0.6 is 31.4 Å². The Balaban J connectivity index is 4.00. The van der Waals surface area contributed by atoms with Gasteiger partial charge in [0.25, 0.3) is 0 Å². The van der Waals surface area contributed by atoms with E-state index in [4.69, 9.17) is 9.47 Å². The Kier molecular flexibility index (Phi) is 16.0. The van der Waals surface area contributed by atoms with Crippen molar-refractivity contribution in [2.75, 3.05) is 13.2 Å². The fourth-order valence-electron chi connectivity index (χ4n) is 1.45. The van der Waals surface area contributed by atoms with Crippen molar-refractivity contribution in [2.24, 2.45) is 0 Å². The number of unbranched alkanes of at least 4 members (excludes halogenated alkanes) is 2. The van der Waals surface area contributed by atoms with Crippen LogP contribution in [0.3, 0.4) is 0 Å². The summed E-state index contributed by atoms with van der Waals surface area (Å²) >= 11 is 0. The molecule has 0 aromatic carbocycles. The first-order valence-corrected chi connectivity index (χ1v) is 17.8. The molecule has 0 spiro atoms. The first kappa shape index (κ1) is 22.4. The molecule has 0 heterocycles. The smallest absolute Gasteiger partial charge is 0.0982 e. The Morgan fingerprint density at radius 1 is 0.762 bits per heavy atom. The van der Waals surface area contributed by atoms with Crippen molar-refractivity contribution in [3.05, 3.63) is 0 Å². The minimum absolute atomic E-state index is 0.430. The lowest BCUT2D eigenvalue weighted by Crippen LogP contribution is -2.25. The maximum atomic E-state index is 6.05. The molecule has 0 rings (SSSR count). The zero-order valence-electron chi connectivity index (χ0n) is 14.6. The number of ether oxygens (including phenoxy) is 2. The van der Waals surface area contributed by atoms with Gasteiger partial charge < -0.3 is 9.47 Å². The summed E-state index contributed by atoms with van der Waals surface area (Å²) in [7, 11) is 4.22. The summed E-state index contributed by atoms with van der Waals surface area (Å²) in [5.74, 6) is 0. The molecule has 0 N–H and O–H groups in total. The van der Waals surface area contributed by atoms with Gasteiger partial charge in [0.1, 0.15) is 0 Å². The summed E-state index contributed by atoms with van der Waals surface area (Å²) in [6.45, 7) is 15.8. The van der Waals surface area contributed by atoms with Crippen molar-refractivity contribution in [1.29, 1.82) is 0 Å². The molecule has 0 aromatic rings. The highest BCUT2D eigenvalue weighted by molar-refractivity contribution is 9.09. The molecule has 0 saturated carbocycles. The standard InChI is InChI=1S/C14H34O2S3Si2/c1-7-9-11-15-13(20(3)4)17-19-18-14(21(5)6)16-12-10-8-2/h13-14,20-21H,7-12H2,1-6H3. The minimum atomic E-state index is -0.766. The maximum Gasteiger partial charge on any atom is 0.0982 e. The van der Waals surface area contributed by atoms with Gasteiger partial charge >= 0.3 is 0 Å². The summed E-state index contributed by atoms with van der Waals surface area (Å²) in [4.78, 5) is 0. The molecule has 0 aromatic heterocycles. The van der Waals surface area contributed by atoms with Crippen LogP contribution in [0.1, 0.15) is 39.5 Å². The molecule has 0 fully saturated rings. The van der Waals surface area contributed by atoms with E-state index < -0.39 is 17.6 Å². The van der Waals surface area contributed by atoms with Gasteiger partial charge in [-0.25, -0.2) is 0 Å². The molecule has 2 nitrogen and oxygen atoms in total. The Morgan fingerprint density at radius 2 is 1.14 bits per heavy atom. The molecule has 21 heavy (non-hydrogen) atoms. The van der Waals surface area contributed by atoms with E-state index in [1.807, 2.05) is 31.4 Å². The second kappa shape index (κ2) is 15.0. The predicted molar refractivity (Wildman–Crippen MR) is 110 cm³/mol. The summed E-state index contributed by atoms with van der Waals surface area (Å²) in [5, 5.41) is 0.860. The largest absolute Gasteiger partial charge is 0.371 e. The van der Waals surface area contributed by atoms with Gasteiger partial charge in [-0.3, -0.25) is 0 Å². The maximum absolute atomic E-state index is 6.05. The van der Waals surface area contributed by atoms with Gasteiger partial charge in [-0.2, -0.15) is 0 Å². The average Bonchev–Trinajstić information content (AvgIpc) is 2.43. The van der Waals surface area contributed by atoms with Crippen LogP contribution in [-0.4, -0.2) is 40.9 Å². The van der Waals surface area contributed by atoms with E-state index in [9.17, 15) is 0 Å². The highest BCUT2D eigenvalue weighted by Crippen LogP contribution is 2.42. The lowest BCUT2D eigenvalue weighted by atomic mass is 10.4. The second-order valence-corrected chi connectivity index (χ2v) is 17.3. The molecule has 7 heteroatoms. The predicted octanol–water partition coefficient (Wildman–Crippen LogP) is 5.35. The van der Waals surface area contributed by atoms with Crippen molar-refractivity contribution in [3.63, 3.8) is 0 Å². The van der Waals surface area contributed by atoms with E-state index in [0.29, 0.717) is 10.1 Å². The van der Waals surface area contributed by atoms with E-state index in [1.54, 1.807) is 0 Å². The van der Waals surface area contributed by atoms with E-state index in [0.717, 1.165) is 13.2 Å². The van der Waals surface area contributed by atoms with Crippen molar-refractivity contribution >= 4 is 49.0 Å². The van der Waals surface area contributed by atoms with Gasteiger partial charge in [-0.1, -0.05) is 74.5 Å². The zero-order valence-corrected chi connectivity index (χ0v) is 19.4. The first-order valence-electron chi connectivity index (χ1n) is 8.24. The first-order chi connectivity index (χ1) is 10.0. The number of hydrogen-bond donors (Lipinski definition) is 0. The van der Waals surface area contributed by atoms with Gasteiger partial charge in [0.2, 0.25) is 0 Å². The van der Waals surface area contributed by atoms with Crippen LogP contribution in [0.25, 0.3) is 0 Å². The molecule has 0 amide bonds. The highest BCUT2D eigenvalue weighted by atomic mass is 33.5. The van der Waals surface area contributed by atoms with Crippen molar-refractivity contribution in [3.8, 4) is 0 Å². The number of hydrogen-bond acceptors (Lipinski definition) is 5. The quantitative estimate of drug-likeness (QED) is 0.173. The molecule has 128 valence electrons. The van der Waals surface area contributed by atoms with Crippen LogP contribution in [0.15, 0.2) is 0 Å². The lowest BCUT2D eigenvalue weighted by Gasteiger charge is -2.22. The van der Waals surface area contributed by atoms with Gasteiger partial charge in [0.05, 0.1) is 27.7 Å². The van der Waals surface area contributed by atoms with Gasteiger partial charge in [-0.05, 0) is 22.7 Å². The Morgan fingerprint density at radius 3 is 1.43 bits per heavy atom. The Bertz CT molecular complexity index is 212. The highest BCUT2D eigenvalue weighted by Gasteiger charge is 2.20. The third kappa shape index (κ3) is 12.5. The number of rotatable bonds is 14. The van der Waals surface area contributed by atoms with Crippen LogP contribution in [0.4, 0.5) is 0 Å². The van der Waals surface area contributed by atoms with E-state index in [1.165, 1.54) is 25.7 Å². The van der Waals surface area contributed by atoms with E-state index in [-0.39, 0.29) is 0 Å². The molecule has 2 atom stereocenters. The summed E-state index contributed by atoms with van der Waals surface area (Å²) in [5.41, 5.74) is 0. The van der Waals surface area contributed by atoms with Gasteiger partial charge in [-0.15, -0.1) is 0 Å². The molecule has 0 radical (unpaired) electrons. The molecule has 0 aliphatic heterocycles. The van der Waals surface area contributed by atoms with Crippen LogP contribution in [0.5, 0.6) is 0 Å². The van der Waals surface area contributed by atoms with Crippen molar-refractivity contribution in [1.82, 2.24) is 0 Å². The topological polar surface area (TPSA) is 18.5 Å². The van der Waals surface area contributed by atoms with Crippen LogP contribution < -0.4 is 0 Å². The summed E-state index contributed by atoms with van der Waals surface area (Å²) < 4.78 is 12.1. The van der Waals surface area contributed by atoms with Crippen molar-refractivity contribution < 1.29 is 9.47 Å². The molecular weight excluding hydrogens is 353 g/mol. The second-order valence-electron chi connectivity index (χ2n) is 5.93. The molecular formula is C14H34O2S3Si2. The molecule has 0 aliphatic carbocycles. The van der Waals surface area contributed by atoms with Crippen LogP contribution in [0.2, 0.25) is 26.2 Å². The normalized spacial score (nSPS) is 14.9. The average molecular weight is 387 g/mol. The fourth-order valence-corrected chi connectivity index (χ4v) is 14.0. The molecule has 0 aliphatic rings. The fraction of sp³-hybridized carbons (Fsp3) is 1.00. The third-order valence-electron chi connectivity index (χ3n) is 2.92. The molecule has 2 unspecified atom stereocenters. The third-order valence-corrected chi connectivity index (χ3v) is 14.6. The molecule has 0 saturated heterocycles. The van der Waals surface area contributed by atoms with Crippen molar-refractivity contribution in [2.45, 2.75) is 75.8 Å². The lowest BCUT2D eigenvalue weighted by molar-refractivity contribution is 0.152. The Hall–Kier alpha value is 1.40. The minimum Gasteiger partial charge on any atom is -0.371 e. The van der Waals surface area contributed by atoms with Crippen LogP contribution in [0, 0.1) is 0 Å². The van der Waals surface area contributed by atoms with E-state index >= 15 is 0 Å². The zero-order chi connectivity index (χ0) is 16.1. The Labute approximate surface area is 147 Å². The SMILES string of the molecule is CCCCOC(SSSC(OCCCC)[SiH](C)C)[SiH](C)C. The van der Waals surface area contributed by atoms with Gasteiger partial charge in [0.15, 0.2) is 0 Å². The van der Waals surface area contributed by atoms with Crippen LogP contribution in [-0.2, 0) is 9.47 Å². The summed E-state index contributed by atoms with van der Waals surface area (Å²) in [6, 6.07) is 0. The van der Waals surface area contributed by atoms with Gasteiger partial charge in [0, 0.05) is 13.2 Å². The van der Waals surface area contributed by atoms with E-state index in [2.05, 4.69) is 40.0 Å². The monoisotopic (exact) mass is 386 g/mol. The summed E-state index contributed by atoms with van der Waals surface area (Å²) in [6.07, 6.45) is 4.78. The molecule has 0 bridgehead atoms.